The third-order valence-corrected chi connectivity index (χ3v) is 3.87. The van der Waals surface area contributed by atoms with Crippen molar-refractivity contribution in [2.24, 2.45) is 0 Å². The molecule has 108 valence electrons. The number of anilines is 1. The summed E-state index contributed by atoms with van der Waals surface area (Å²) < 4.78 is 0. The lowest BCUT2D eigenvalue weighted by molar-refractivity contribution is -0.148. The molecule has 1 amide bonds. The number of carboxylic acid groups (broad SMARTS) is 1. The first kappa shape index (κ1) is 14.5. The van der Waals surface area contributed by atoms with E-state index in [4.69, 9.17) is 0 Å². The summed E-state index contributed by atoms with van der Waals surface area (Å²) in [4.78, 5) is 24.5. The van der Waals surface area contributed by atoms with Crippen LogP contribution in [0, 0.1) is 0 Å². The number of carbonyl (C=O) groups excluding carboxylic acids is 1. The zero-order valence-corrected chi connectivity index (χ0v) is 11.8. The minimum absolute atomic E-state index is 0.112. The summed E-state index contributed by atoms with van der Waals surface area (Å²) in [5.41, 5.74) is 0.959. The first-order valence-corrected chi connectivity index (χ1v) is 6.77. The van der Waals surface area contributed by atoms with E-state index >= 15 is 0 Å². The molecule has 1 heterocycles. The molecule has 0 aliphatic carbocycles. The molecule has 1 fully saturated rings. The van der Waals surface area contributed by atoms with Crippen molar-refractivity contribution in [1.82, 2.24) is 4.90 Å². The molecule has 20 heavy (non-hydrogen) atoms. The van der Waals surface area contributed by atoms with E-state index in [0.717, 1.165) is 24.2 Å². The number of carboxylic acids is 1. The van der Waals surface area contributed by atoms with E-state index in [-0.39, 0.29) is 5.91 Å². The van der Waals surface area contributed by atoms with Gasteiger partial charge in [0.2, 0.25) is 5.91 Å². The Morgan fingerprint density at radius 2 is 2.20 bits per heavy atom. The van der Waals surface area contributed by atoms with Gasteiger partial charge in [0.05, 0.1) is 0 Å². The summed E-state index contributed by atoms with van der Waals surface area (Å²) in [5, 5.41) is 12.1. The van der Waals surface area contributed by atoms with Gasteiger partial charge in [-0.15, -0.1) is 0 Å². The number of likely N-dealkylation sites (tertiary alicyclic amines) is 1. The van der Waals surface area contributed by atoms with Gasteiger partial charge >= 0.3 is 5.97 Å². The monoisotopic (exact) mass is 276 g/mol. The second-order valence-electron chi connectivity index (χ2n) is 5.49. The smallest absolute Gasteiger partial charge is 0.323 e. The van der Waals surface area contributed by atoms with Crippen molar-refractivity contribution in [2.45, 2.75) is 38.8 Å². The molecule has 0 radical (unpaired) electrons. The molecule has 1 atom stereocenters. The Morgan fingerprint density at radius 1 is 1.45 bits per heavy atom. The van der Waals surface area contributed by atoms with Gasteiger partial charge in [0.15, 0.2) is 0 Å². The number of nitrogens with zero attached hydrogens (tertiary/aromatic N) is 1. The molecule has 1 aromatic rings. The SMILES string of the molecule is CC(=O)Nc1cccc(CN2CCCC2(C)C(=O)O)c1. The van der Waals surface area contributed by atoms with Gasteiger partial charge in [-0.3, -0.25) is 14.5 Å². The molecule has 0 spiro atoms. The van der Waals surface area contributed by atoms with Crippen LogP contribution in [0.2, 0.25) is 0 Å². The van der Waals surface area contributed by atoms with Gasteiger partial charge < -0.3 is 10.4 Å². The Kier molecular flexibility index (Phi) is 4.09. The number of hydrogen-bond acceptors (Lipinski definition) is 3. The van der Waals surface area contributed by atoms with E-state index in [9.17, 15) is 14.7 Å². The van der Waals surface area contributed by atoms with Crippen molar-refractivity contribution in [2.75, 3.05) is 11.9 Å². The van der Waals surface area contributed by atoms with Gasteiger partial charge in [-0.25, -0.2) is 0 Å². The second-order valence-corrected chi connectivity index (χ2v) is 5.49. The Bertz CT molecular complexity index is 530. The fraction of sp³-hybridized carbons (Fsp3) is 0.467. The molecule has 2 N–H and O–H groups in total. The molecule has 1 aliphatic rings. The van der Waals surface area contributed by atoms with Crippen molar-refractivity contribution in [3.8, 4) is 0 Å². The highest BCUT2D eigenvalue weighted by Gasteiger charge is 2.43. The molecular formula is C15H20N2O3. The molecule has 2 rings (SSSR count). The molecule has 0 aromatic heterocycles. The van der Waals surface area contributed by atoms with Gasteiger partial charge in [-0.2, -0.15) is 0 Å². The Morgan fingerprint density at radius 3 is 2.85 bits per heavy atom. The highest BCUT2D eigenvalue weighted by atomic mass is 16.4. The molecule has 1 unspecified atom stereocenters. The normalized spacial score (nSPS) is 22.7. The van der Waals surface area contributed by atoms with Gasteiger partial charge in [-0.1, -0.05) is 12.1 Å². The van der Waals surface area contributed by atoms with E-state index in [1.54, 1.807) is 6.92 Å². The van der Waals surface area contributed by atoms with Crippen LogP contribution in [0.4, 0.5) is 5.69 Å². The number of hydrogen-bond donors (Lipinski definition) is 2. The molecule has 1 aromatic carbocycles. The number of carbonyl (C=O) groups is 2. The summed E-state index contributed by atoms with van der Waals surface area (Å²) in [6.45, 7) is 4.61. The standard InChI is InChI=1S/C15H20N2O3/c1-11(18)16-13-6-3-5-12(9-13)10-17-8-4-7-15(17,2)14(19)20/h3,5-6,9H,4,7-8,10H2,1-2H3,(H,16,18)(H,19,20). The van der Waals surface area contributed by atoms with Gasteiger partial charge in [0.25, 0.3) is 0 Å². The zero-order valence-electron chi connectivity index (χ0n) is 11.8. The lowest BCUT2D eigenvalue weighted by atomic mass is 9.99. The highest BCUT2D eigenvalue weighted by Crippen LogP contribution is 2.31. The lowest BCUT2D eigenvalue weighted by Gasteiger charge is -2.31. The molecular weight excluding hydrogens is 256 g/mol. The number of nitrogens with one attached hydrogen (secondary N) is 1. The molecule has 0 bridgehead atoms. The lowest BCUT2D eigenvalue weighted by Crippen LogP contribution is -2.47. The van der Waals surface area contributed by atoms with E-state index in [1.165, 1.54) is 6.92 Å². The minimum atomic E-state index is -0.788. The fourth-order valence-corrected chi connectivity index (χ4v) is 2.69. The quantitative estimate of drug-likeness (QED) is 0.883. The predicted molar refractivity (Wildman–Crippen MR) is 76.4 cm³/mol. The maximum atomic E-state index is 11.4. The minimum Gasteiger partial charge on any atom is -0.480 e. The van der Waals surface area contributed by atoms with E-state index in [1.807, 2.05) is 29.2 Å². The van der Waals surface area contributed by atoms with Gasteiger partial charge in [0.1, 0.15) is 5.54 Å². The first-order valence-electron chi connectivity index (χ1n) is 6.77. The summed E-state index contributed by atoms with van der Waals surface area (Å²) >= 11 is 0. The Labute approximate surface area is 118 Å². The van der Waals surface area contributed by atoms with Crippen LogP contribution in [0.5, 0.6) is 0 Å². The number of amides is 1. The summed E-state index contributed by atoms with van der Waals surface area (Å²) in [7, 11) is 0. The van der Waals surface area contributed by atoms with Crippen LogP contribution in [-0.2, 0) is 16.1 Å². The van der Waals surface area contributed by atoms with E-state index < -0.39 is 11.5 Å². The molecule has 5 heteroatoms. The number of rotatable bonds is 4. The Balaban J connectivity index is 2.13. The van der Waals surface area contributed by atoms with Crippen molar-refractivity contribution in [1.29, 1.82) is 0 Å². The second kappa shape index (κ2) is 5.63. The van der Waals surface area contributed by atoms with Crippen LogP contribution >= 0.6 is 0 Å². The number of benzene rings is 1. The molecule has 1 aliphatic heterocycles. The van der Waals surface area contributed by atoms with Crippen LogP contribution in [0.15, 0.2) is 24.3 Å². The topological polar surface area (TPSA) is 69.6 Å². The summed E-state index contributed by atoms with van der Waals surface area (Å²) in [6, 6.07) is 7.54. The highest BCUT2D eigenvalue weighted by molar-refractivity contribution is 5.88. The summed E-state index contributed by atoms with van der Waals surface area (Å²) in [6.07, 6.45) is 1.57. The van der Waals surface area contributed by atoms with E-state index in [0.29, 0.717) is 13.0 Å². The van der Waals surface area contributed by atoms with Gasteiger partial charge in [-0.05, 0) is 44.0 Å². The first-order chi connectivity index (χ1) is 9.41. The van der Waals surface area contributed by atoms with Crippen molar-refractivity contribution in [3.05, 3.63) is 29.8 Å². The van der Waals surface area contributed by atoms with Crippen LogP contribution in [0.3, 0.4) is 0 Å². The molecule has 0 saturated carbocycles. The van der Waals surface area contributed by atoms with Crippen LogP contribution in [0.1, 0.15) is 32.3 Å². The summed E-state index contributed by atoms with van der Waals surface area (Å²) in [5.74, 6) is -0.883. The fourth-order valence-electron chi connectivity index (χ4n) is 2.69. The van der Waals surface area contributed by atoms with Crippen LogP contribution in [0.25, 0.3) is 0 Å². The Hall–Kier alpha value is -1.88. The van der Waals surface area contributed by atoms with E-state index in [2.05, 4.69) is 5.32 Å². The molecule has 5 nitrogen and oxygen atoms in total. The van der Waals surface area contributed by atoms with Crippen molar-refractivity contribution >= 4 is 17.6 Å². The average Bonchev–Trinajstić information content (AvgIpc) is 2.72. The maximum Gasteiger partial charge on any atom is 0.323 e. The van der Waals surface area contributed by atoms with Crippen LogP contribution < -0.4 is 5.32 Å². The third-order valence-electron chi connectivity index (χ3n) is 3.87. The average molecular weight is 276 g/mol. The third kappa shape index (κ3) is 2.99. The maximum absolute atomic E-state index is 11.4. The number of aliphatic carboxylic acids is 1. The van der Waals surface area contributed by atoms with Crippen molar-refractivity contribution < 1.29 is 14.7 Å². The predicted octanol–water partition coefficient (Wildman–Crippen LogP) is 2.08. The zero-order chi connectivity index (χ0) is 14.8. The molecule has 1 saturated heterocycles. The van der Waals surface area contributed by atoms with Gasteiger partial charge in [0, 0.05) is 19.2 Å². The largest absolute Gasteiger partial charge is 0.480 e. The van der Waals surface area contributed by atoms with Crippen LogP contribution in [-0.4, -0.2) is 34.0 Å². The van der Waals surface area contributed by atoms with Crippen molar-refractivity contribution in [3.63, 3.8) is 0 Å².